The number of anilines is 1. The van der Waals surface area contributed by atoms with Crippen LogP contribution in [0.25, 0.3) is 6.08 Å². The molecule has 2 aromatic carbocycles. The molecule has 0 atom stereocenters. The molecule has 6 nitrogen and oxygen atoms in total. The van der Waals surface area contributed by atoms with E-state index in [1.54, 1.807) is 56.3 Å². The van der Waals surface area contributed by atoms with E-state index in [1.165, 1.54) is 18.1 Å². The molecule has 0 bridgehead atoms. The van der Waals surface area contributed by atoms with Crippen molar-refractivity contribution < 1.29 is 23.9 Å². The summed E-state index contributed by atoms with van der Waals surface area (Å²) in [4.78, 5) is 39.1. The SMILES string of the molecule is CCOC(=O)c1ccc(N2C(=O)/C(=C\c3cccc(Cl)c3Cl)C(C(=O)OC)=C2C)cc1. The second-order valence-corrected chi connectivity index (χ2v) is 7.35. The summed E-state index contributed by atoms with van der Waals surface area (Å²) in [6.45, 7) is 3.62. The molecule has 0 aliphatic carbocycles. The normalized spacial score (nSPS) is 14.9. The first-order valence-electron chi connectivity index (χ1n) is 9.37. The molecule has 0 N–H and O–H groups in total. The lowest BCUT2D eigenvalue weighted by Gasteiger charge is -2.18. The number of carbonyl (C=O) groups is 3. The molecule has 0 spiro atoms. The Morgan fingerprint density at radius 1 is 1.06 bits per heavy atom. The van der Waals surface area contributed by atoms with E-state index < -0.39 is 17.8 Å². The number of rotatable bonds is 5. The van der Waals surface area contributed by atoms with Gasteiger partial charge in [-0.15, -0.1) is 0 Å². The van der Waals surface area contributed by atoms with Crippen LogP contribution in [-0.4, -0.2) is 31.6 Å². The van der Waals surface area contributed by atoms with Crippen LogP contribution < -0.4 is 4.90 Å². The fourth-order valence-corrected chi connectivity index (χ4v) is 3.60. The number of nitrogens with zero attached hydrogens (tertiary/aromatic N) is 1. The van der Waals surface area contributed by atoms with Crippen LogP contribution in [-0.2, 0) is 19.1 Å². The van der Waals surface area contributed by atoms with Crippen LogP contribution in [0.15, 0.2) is 59.3 Å². The van der Waals surface area contributed by atoms with Crippen molar-refractivity contribution >= 4 is 52.8 Å². The maximum Gasteiger partial charge on any atom is 0.340 e. The van der Waals surface area contributed by atoms with Gasteiger partial charge in [0.15, 0.2) is 0 Å². The van der Waals surface area contributed by atoms with Crippen LogP contribution in [0.4, 0.5) is 5.69 Å². The predicted octanol–water partition coefficient (Wildman–Crippen LogP) is 5.05. The number of carbonyl (C=O) groups excluding carboxylic acids is 3. The van der Waals surface area contributed by atoms with Gasteiger partial charge < -0.3 is 9.47 Å². The minimum Gasteiger partial charge on any atom is -0.465 e. The van der Waals surface area contributed by atoms with Gasteiger partial charge in [0.2, 0.25) is 0 Å². The molecule has 2 aromatic rings. The van der Waals surface area contributed by atoms with Crippen molar-refractivity contribution in [3.8, 4) is 0 Å². The summed E-state index contributed by atoms with van der Waals surface area (Å²) >= 11 is 12.3. The van der Waals surface area contributed by atoms with Gasteiger partial charge in [-0.3, -0.25) is 9.69 Å². The Balaban J connectivity index is 2.07. The molecule has 0 radical (unpaired) electrons. The van der Waals surface area contributed by atoms with Gasteiger partial charge in [0.1, 0.15) is 0 Å². The Morgan fingerprint density at radius 2 is 1.74 bits per heavy atom. The lowest BCUT2D eigenvalue weighted by atomic mass is 10.0. The molecule has 0 saturated heterocycles. The summed E-state index contributed by atoms with van der Waals surface area (Å²) in [5.41, 5.74) is 1.98. The summed E-state index contributed by atoms with van der Waals surface area (Å²) in [5.74, 6) is -1.54. The van der Waals surface area contributed by atoms with Gasteiger partial charge in [0, 0.05) is 11.4 Å². The summed E-state index contributed by atoms with van der Waals surface area (Å²) in [6, 6.07) is 11.3. The molecule has 0 aromatic heterocycles. The molecule has 1 amide bonds. The number of benzene rings is 2. The van der Waals surface area contributed by atoms with E-state index in [-0.39, 0.29) is 22.8 Å². The van der Waals surface area contributed by atoms with Gasteiger partial charge in [-0.05, 0) is 55.8 Å². The third kappa shape index (κ3) is 4.36. The van der Waals surface area contributed by atoms with Crippen LogP contribution in [0.2, 0.25) is 10.0 Å². The maximum atomic E-state index is 13.3. The number of halogens is 2. The van der Waals surface area contributed by atoms with E-state index in [4.69, 9.17) is 32.7 Å². The van der Waals surface area contributed by atoms with Crippen molar-refractivity contribution in [2.75, 3.05) is 18.6 Å². The van der Waals surface area contributed by atoms with Gasteiger partial charge in [-0.25, -0.2) is 9.59 Å². The molecule has 0 saturated carbocycles. The minimum absolute atomic E-state index is 0.123. The smallest absolute Gasteiger partial charge is 0.340 e. The van der Waals surface area contributed by atoms with Crippen molar-refractivity contribution in [3.63, 3.8) is 0 Å². The van der Waals surface area contributed by atoms with E-state index >= 15 is 0 Å². The van der Waals surface area contributed by atoms with E-state index in [0.29, 0.717) is 27.5 Å². The largest absolute Gasteiger partial charge is 0.465 e. The van der Waals surface area contributed by atoms with E-state index in [0.717, 1.165) is 0 Å². The van der Waals surface area contributed by atoms with E-state index in [2.05, 4.69) is 0 Å². The van der Waals surface area contributed by atoms with Gasteiger partial charge in [0.25, 0.3) is 5.91 Å². The average molecular weight is 460 g/mol. The molecule has 0 fully saturated rings. The highest BCUT2D eigenvalue weighted by molar-refractivity contribution is 6.43. The minimum atomic E-state index is -0.652. The lowest BCUT2D eigenvalue weighted by molar-refractivity contribution is -0.136. The fourth-order valence-electron chi connectivity index (χ4n) is 3.24. The molecular weight excluding hydrogens is 441 g/mol. The topological polar surface area (TPSA) is 72.9 Å². The van der Waals surface area contributed by atoms with Crippen molar-refractivity contribution in [2.45, 2.75) is 13.8 Å². The Morgan fingerprint density at radius 3 is 2.35 bits per heavy atom. The molecule has 31 heavy (non-hydrogen) atoms. The third-order valence-electron chi connectivity index (χ3n) is 4.71. The highest BCUT2D eigenvalue weighted by Crippen LogP contribution is 2.37. The highest BCUT2D eigenvalue weighted by Gasteiger charge is 2.38. The van der Waals surface area contributed by atoms with Crippen LogP contribution in [0.5, 0.6) is 0 Å². The first kappa shape index (κ1) is 22.6. The van der Waals surface area contributed by atoms with Gasteiger partial charge >= 0.3 is 11.9 Å². The summed E-state index contributed by atoms with van der Waals surface area (Å²) in [6.07, 6.45) is 1.51. The fraction of sp³-hybridized carbons (Fsp3) is 0.174. The maximum absolute atomic E-state index is 13.3. The van der Waals surface area contributed by atoms with Crippen LogP contribution in [0.1, 0.15) is 29.8 Å². The molecule has 160 valence electrons. The number of hydrogen-bond donors (Lipinski definition) is 0. The van der Waals surface area contributed by atoms with Gasteiger partial charge in [0.05, 0.1) is 40.5 Å². The van der Waals surface area contributed by atoms with Gasteiger partial charge in [-0.2, -0.15) is 0 Å². The molecule has 0 unspecified atom stereocenters. The number of allylic oxidation sites excluding steroid dienone is 1. The molecule has 3 rings (SSSR count). The summed E-state index contributed by atoms with van der Waals surface area (Å²) < 4.78 is 9.88. The highest BCUT2D eigenvalue weighted by atomic mass is 35.5. The van der Waals surface area contributed by atoms with E-state index in [9.17, 15) is 14.4 Å². The standard InChI is InChI=1S/C23H19Cl2NO5/c1-4-31-22(28)14-8-10-16(11-9-14)26-13(2)19(23(29)30-3)17(21(26)27)12-15-6-5-7-18(24)20(15)25/h5-12H,4H2,1-3H3/b17-12-. The monoisotopic (exact) mass is 459 g/mol. The van der Waals surface area contributed by atoms with Crippen molar-refractivity contribution in [3.05, 3.63) is 80.5 Å². The number of amides is 1. The van der Waals surface area contributed by atoms with Crippen molar-refractivity contribution in [2.24, 2.45) is 0 Å². The average Bonchev–Trinajstić information content (AvgIpc) is 3.00. The Bertz CT molecular complexity index is 1120. The first-order valence-corrected chi connectivity index (χ1v) is 10.1. The molecular formula is C23H19Cl2NO5. The quantitative estimate of drug-likeness (QED) is 0.462. The number of methoxy groups -OCH3 is 1. The molecule has 1 aliphatic rings. The molecule has 8 heteroatoms. The Labute approximate surface area is 189 Å². The third-order valence-corrected chi connectivity index (χ3v) is 5.54. The van der Waals surface area contributed by atoms with Crippen LogP contribution in [0, 0.1) is 0 Å². The molecule has 1 aliphatic heterocycles. The van der Waals surface area contributed by atoms with Crippen LogP contribution >= 0.6 is 23.2 Å². The Hall–Kier alpha value is -3.09. The lowest BCUT2D eigenvalue weighted by Crippen LogP contribution is -2.24. The molecule has 1 heterocycles. The second kappa shape index (κ2) is 9.37. The predicted molar refractivity (Wildman–Crippen MR) is 119 cm³/mol. The Kier molecular flexibility index (Phi) is 6.83. The second-order valence-electron chi connectivity index (χ2n) is 6.56. The summed E-state index contributed by atoms with van der Waals surface area (Å²) in [5, 5.41) is 0.594. The first-order chi connectivity index (χ1) is 14.8. The number of hydrogen-bond acceptors (Lipinski definition) is 5. The van der Waals surface area contributed by atoms with Crippen LogP contribution in [0.3, 0.4) is 0 Å². The zero-order chi connectivity index (χ0) is 22.7. The van der Waals surface area contributed by atoms with E-state index in [1.807, 2.05) is 0 Å². The van der Waals surface area contributed by atoms with Crippen molar-refractivity contribution in [1.82, 2.24) is 0 Å². The zero-order valence-corrected chi connectivity index (χ0v) is 18.6. The zero-order valence-electron chi connectivity index (χ0n) is 17.1. The van der Waals surface area contributed by atoms with Crippen molar-refractivity contribution in [1.29, 1.82) is 0 Å². The summed E-state index contributed by atoms with van der Waals surface area (Å²) in [7, 11) is 1.24. The number of esters is 2. The number of ether oxygens (including phenoxy) is 2. The van der Waals surface area contributed by atoms with Gasteiger partial charge in [-0.1, -0.05) is 35.3 Å².